The van der Waals surface area contributed by atoms with Crippen LogP contribution in [0.3, 0.4) is 0 Å². The first-order chi connectivity index (χ1) is 7.98. The second kappa shape index (κ2) is 4.22. The third-order valence-corrected chi connectivity index (χ3v) is 3.30. The van der Waals surface area contributed by atoms with Crippen molar-refractivity contribution in [1.82, 2.24) is 0 Å². The number of nitrogens with one attached hydrogen (secondary N) is 1. The summed E-state index contributed by atoms with van der Waals surface area (Å²) in [6, 6.07) is 3.85. The number of carbonyl (C=O) groups excluding carboxylic acids is 1. The average Bonchev–Trinajstić information content (AvgIpc) is 2.52. The molecule has 1 N–H and O–H groups in total. The summed E-state index contributed by atoms with van der Waals surface area (Å²) in [5, 5.41) is 2.92. The molecular formula is C13H16ClNO2. The maximum Gasteiger partial charge on any atom is 0.234 e. The minimum absolute atomic E-state index is 0.0116. The topological polar surface area (TPSA) is 38.3 Å². The lowest BCUT2D eigenvalue weighted by atomic mass is 9.85. The van der Waals surface area contributed by atoms with E-state index >= 15 is 0 Å². The molecule has 2 rings (SSSR count). The maximum absolute atomic E-state index is 11.9. The number of ether oxygens (including phenoxy) is 1. The van der Waals surface area contributed by atoms with Gasteiger partial charge in [0.15, 0.2) is 0 Å². The fourth-order valence-electron chi connectivity index (χ4n) is 2.12. The first kappa shape index (κ1) is 12.2. The summed E-state index contributed by atoms with van der Waals surface area (Å²) in [5.41, 5.74) is 2.32. The maximum atomic E-state index is 11.9. The quantitative estimate of drug-likeness (QED) is 0.842. The number of aryl methyl sites for hydroxylation is 1. The number of carbonyl (C=O) groups is 1. The monoisotopic (exact) mass is 253 g/mol. The zero-order valence-electron chi connectivity index (χ0n) is 10.3. The number of hydrogen-bond acceptors (Lipinski definition) is 2. The molecule has 1 heterocycles. The summed E-state index contributed by atoms with van der Waals surface area (Å²) in [4.78, 5) is 11.9. The molecule has 0 saturated heterocycles. The summed E-state index contributed by atoms with van der Waals surface area (Å²) < 4.78 is 5.61. The van der Waals surface area contributed by atoms with Crippen molar-refractivity contribution in [2.45, 2.75) is 26.2 Å². The number of alkyl halides is 1. The molecule has 1 aromatic rings. The summed E-state index contributed by atoms with van der Waals surface area (Å²) in [6.07, 6.45) is 0. The van der Waals surface area contributed by atoms with E-state index in [1.165, 1.54) is 0 Å². The van der Waals surface area contributed by atoms with Crippen molar-refractivity contribution < 1.29 is 9.53 Å². The molecule has 3 nitrogen and oxygen atoms in total. The van der Waals surface area contributed by atoms with Crippen LogP contribution in [-0.4, -0.2) is 18.4 Å². The Morgan fingerprint density at radius 2 is 2.12 bits per heavy atom. The highest BCUT2D eigenvalue weighted by atomic mass is 35.5. The smallest absolute Gasteiger partial charge is 0.234 e. The van der Waals surface area contributed by atoms with Crippen LogP contribution in [0.15, 0.2) is 12.1 Å². The molecular weight excluding hydrogens is 238 g/mol. The standard InChI is InChI=1S/C13H16ClNO2/c1-8-4-5-9(17-7-6-14)10-11(8)15-12(16)13(10,2)3/h4-5H,6-7H2,1-3H3,(H,15,16). The molecule has 1 aliphatic heterocycles. The van der Waals surface area contributed by atoms with E-state index in [9.17, 15) is 4.79 Å². The predicted molar refractivity (Wildman–Crippen MR) is 69.0 cm³/mol. The molecule has 0 atom stereocenters. The molecule has 0 unspecified atom stereocenters. The molecule has 17 heavy (non-hydrogen) atoms. The molecule has 0 radical (unpaired) electrons. The molecule has 4 heteroatoms. The SMILES string of the molecule is Cc1ccc(OCCCl)c2c1NC(=O)C2(C)C. The van der Waals surface area contributed by atoms with Crippen LogP contribution >= 0.6 is 11.6 Å². The van der Waals surface area contributed by atoms with E-state index in [0.29, 0.717) is 12.5 Å². The van der Waals surface area contributed by atoms with E-state index in [4.69, 9.17) is 16.3 Å². The van der Waals surface area contributed by atoms with Gasteiger partial charge < -0.3 is 10.1 Å². The molecule has 0 saturated carbocycles. The summed E-state index contributed by atoms with van der Waals surface area (Å²) in [6.45, 7) is 6.23. The van der Waals surface area contributed by atoms with E-state index in [0.717, 1.165) is 22.6 Å². The Morgan fingerprint density at radius 1 is 1.41 bits per heavy atom. The molecule has 92 valence electrons. The van der Waals surface area contributed by atoms with Crippen LogP contribution in [0.2, 0.25) is 0 Å². The summed E-state index contributed by atoms with van der Waals surface area (Å²) in [7, 11) is 0. The fraction of sp³-hybridized carbons (Fsp3) is 0.462. The normalized spacial score (nSPS) is 16.6. The van der Waals surface area contributed by atoms with Crippen molar-refractivity contribution in [3.63, 3.8) is 0 Å². The highest BCUT2D eigenvalue weighted by Gasteiger charge is 2.41. The van der Waals surface area contributed by atoms with Crippen molar-refractivity contribution >= 4 is 23.2 Å². The summed E-state index contributed by atoms with van der Waals surface area (Å²) >= 11 is 5.63. The van der Waals surface area contributed by atoms with Gasteiger partial charge in [-0.2, -0.15) is 0 Å². The van der Waals surface area contributed by atoms with Gasteiger partial charge in [0, 0.05) is 5.56 Å². The third kappa shape index (κ3) is 1.89. The lowest BCUT2D eigenvalue weighted by molar-refractivity contribution is -0.119. The van der Waals surface area contributed by atoms with Crippen LogP contribution in [0.4, 0.5) is 5.69 Å². The molecule has 0 bridgehead atoms. The highest BCUT2D eigenvalue weighted by molar-refractivity contribution is 6.18. The Bertz CT molecular complexity index is 469. The Labute approximate surface area is 106 Å². The van der Waals surface area contributed by atoms with E-state index in [1.54, 1.807) is 0 Å². The third-order valence-electron chi connectivity index (χ3n) is 3.14. The minimum Gasteiger partial charge on any atom is -0.492 e. The Balaban J connectivity index is 2.52. The molecule has 1 amide bonds. The van der Waals surface area contributed by atoms with Crippen molar-refractivity contribution in [3.05, 3.63) is 23.3 Å². The van der Waals surface area contributed by atoms with Crippen LogP contribution in [0, 0.1) is 6.92 Å². The molecule has 0 fully saturated rings. The van der Waals surface area contributed by atoms with Crippen molar-refractivity contribution in [1.29, 1.82) is 0 Å². The predicted octanol–water partition coefficient (Wildman–Crippen LogP) is 2.84. The van der Waals surface area contributed by atoms with Gasteiger partial charge in [-0.3, -0.25) is 4.79 Å². The molecule has 1 aliphatic rings. The van der Waals surface area contributed by atoms with Gasteiger partial charge in [0.1, 0.15) is 12.4 Å². The van der Waals surface area contributed by atoms with Gasteiger partial charge in [-0.05, 0) is 32.4 Å². The van der Waals surface area contributed by atoms with Crippen LogP contribution in [0.5, 0.6) is 5.75 Å². The highest BCUT2D eigenvalue weighted by Crippen LogP contribution is 2.44. The van der Waals surface area contributed by atoms with Gasteiger partial charge in [0.2, 0.25) is 5.91 Å². The number of fused-ring (bicyclic) bond motifs is 1. The number of anilines is 1. The van der Waals surface area contributed by atoms with Gasteiger partial charge in [-0.25, -0.2) is 0 Å². The van der Waals surface area contributed by atoms with Crippen LogP contribution in [0.25, 0.3) is 0 Å². The van der Waals surface area contributed by atoms with Gasteiger partial charge >= 0.3 is 0 Å². The van der Waals surface area contributed by atoms with E-state index in [1.807, 2.05) is 32.9 Å². The van der Waals surface area contributed by atoms with Crippen LogP contribution in [0.1, 0.15) is 25.0 Å². The van der Waals surface area contributed by atoms with Crippen molar-refractivity contribution in [3.8, 4) is 5.75 Å². The zero-order valence-corrected chi connectivity index (χ0v) is 11.0. The van der Waals surface area contributed by atoms with Gasteiger partial charge in [-0.15, -0.1) is 11.6 Å². The second-order valence-corrected chi connectivity index (χ2v) is 5.13. The first-order valence-electron chi connectivity index (χ1n) is 5.62. The van der Waals surface area contributed by atoms with Gasteiger partial charge in [0.05, 0.1) is 17.0 Å². The number of rotatable bonds is 3. The molecule has 0 aliphatic carbocycles. The van der Waals surface area contributed by atoms with Crippen molar-refractivity contribution in [2.75, 3.05) is 17.8 Å². The van der Waals surface area contributed by atoms with E-state index in [-0.39, 0.29) is 5.91 Å². The second-order valence-electron chi connectivity index (χ2n) is 4.75. The first-order valence-corrected chi connectivity index (χ1v) is 6.16. The van der Waals surface area contributed by atoms with E-state index in [2.05, 4.69) is 5.32 Å². The lowest BCUT2D eigenvalue weighted by Gasteiger charge is -2.19. The molecule has 0 spiro atoms. The summed E-state index contributed by atoms with van der Waals surface area (Å²) in [5.74, 6) is 1.19. The van der Waals surface area contributed by atoms with Gasteiger partial charge in [-0.1, -0.05) is 6.07 Å². The average molecular weight is 254 g/mol. The van der Waals surface area contributed by atoms with Gasteiger partial charge in [0.25, 0.3) is 0 Å². The molecule has 1 aromatic carbocycles. The fourth-order valence-corrected chi connectivity index (χ4v) is 2.20. The van der Waals surface area contributed by atoms with Crippen molar-refractivity contribution in [2.24, 2.45) is 0 Å². The van der Waals surface area contributed by atoms with Crippen LogP contribution < -0.4 is 10.1 Å². The minimum atomic E-state index is -0.553. The lowest BCUT2D eigenvalue weighted by Crippen LogP contribution is -2.27. The Hall–Kier alpha value is -1.22. The number of hydrogen-bond donors (Lipinski definition) is 1. The largest absolute Gasteiger partial charge is 0.492 e. The Morgan fingerprint density at radius 3 is 2.76 bits per heavy atom. The number of halogens is 1. The number of amides is 1. The molecule has 0 aromatic heterocycles. The van der Waals surface area contributed by atoms with E-state index < -0.39 is 5.41 Å². The zero-order chi connectivity index (χ0) is 12.6. The Kier molecular flexibility index (Phi) is 3.04. The van der Waals surface area contributed by atoms with Crippen LogP contribution in [-0.2, 0) is 10.2 Å². The number of benzene rings is 1.